The molecule has 1 N–H and O–H groups in total. The highest BCUT2D eigenvalue weighted by Gasteiger charge is 2.06. The van der Waals surface area contributed by atoms with Crippen LogP contribution in [0.2, 0.25) is 0 Å². The molecule has 1 aromatic heterocycles. The van der Waals surface area contributed by atoms with Crippen LogP contribution in [0.25, 0.3) is 0 Å². The van der Waals surface area contributed by atoms with E-state index in [0.717, 1.165) is 17.0 Å². The van der Waals surface area contributed by atoms with Gasteiger partial charge in [0, 0.05) is 12.6 Å². The van der Waals surface area contributed by atoms with Crippen LogP contribution in [0.1, 0.15) is 24.2 Å². The standard InChI is InChI=1S/C15H17FN2O/c1-11(15-7-6-13(16)10-18-15)17-9-12-4-3-5-14(8-12)19-2/h3-8,10-11,17H,9H2,1-2H3. The number of aromatic nitrogens is 1. The van der Waals surface area contributed by atoms with Crippen LogP contribution in [-0.2, 0) is 6.54 Å². The van der Waals surface area contributed by atoms with Gasteiger partial charge in [0.1, 0.15) is 11.6 Å². The van der Waals surface area contributed by atoms with Crippen molar-refractivity contribution in [2.45, 2.75) is 19.5 Å². The lowest BCUT2D eigenvalue weighted by Crippen LogP contribution is -2.19. The zero-order valence-electron chi connectivity index (χ0n) is 11.1. The number of methoxy groups -OCH3 is 1. The molecule has 1 aromatic carbocycles. The molecule has 2 aromatic rings. The molecule has 0 bridgehead atoms. The molecule has 0 fully saturated rings. The van der Waals surface area contributed by atoms with E-state index < -0.39 is 0 Å². The van der Waals surface area contributed by atoms with E-state index in [9.17, 15) is 4.39 Å². The maximum Gasteiger partial charge on any atom is 0.141 e. The molecule has 1 atom stereocenters. The van der Waals surface area contributed by atoms with Gasteiger partial charge in [-0.1, -0.05) is 12.1 Å². The Morgan fingerprint density at radius 2 is 2.16 bits per heavy atom. The minimum absolute atomic E-state index is 0.0619. The lowest BCUT2D eigenvalue weighted by Gasteiger charge is -2.13. The Hall–Kier alpha value is -1.94. The number of rotatable bonds is 5. The largest absolute Gasteiger partial charge is 0.497 e. The van der Waals surface area contributed by atoms with Gasteiger partial charge in [-0.05, 0) is 36.8 Å². The summed E-state index contributed by atoms with van der Waals surface area (Å²) in [5, 5.41) is 3.35. The van der Waals surface area contributed by atoms with Crippen LogP contribution in [-0.4, -0.2) is 12.1 Å². The van der Waals surface area contributed by atoms with Gasteiger partial charge in [-0.25, -0.2) is 4.39 Å². The fourth-order valence-corrected chi connectivity index (χ4v) is 1.80. The second-order valence-corrected chi connectivity index (χ2v) is 4.36. The summed E-state index contributed by atoms with van der Waals surface area (Å²) in [5.74, 6) is 0.524. The number of ether oxygens (including phenoxy) is 1. The maximum atomic E-state index is 12.8. The molecular weight excluding hydrogens is 243 g/mol. The first-order valence-corrected chi connectivity index (χ1v) is 6.17. The quantitative estimate of drug-likeness (QED) is 0.897. The van der Waals surface area contributed by atoms with Crippen molar-refractivity contribution in [3.05, 3.63) is 59.7 Å². The van der Waals surface area contributed by atoms with E-state index >= 15 is 0 Å². The van der Waals surface area contributed by atoms with Gasteiger partial charge in [0.2, 0.25) is 0 Å². The number of halogens is 1. The maximum absolute atomic E-state index is 12.8. The van der Waals surface area contributed by atoms with Crippen molar-refractivity contribution >= 4 is 0 Å². The van der Waals surface area contributed by atoms with E-state index in [1.807, 2.05) is 31.2 Å². The third kappa shape index (κ3) is 3.76. The first-order valence-electron chi connectivity index (χ1n) is 6.17. The fraction of sp³-hybridized carbons (Fsp3) is 0.267. The van der Waals surface area contributed by atoms with Crippen molar-refractivity contribution in [1.82, 2.24) is 10.3 Å². The molecule has 19 heavy (non-hydrogen) atoms. The molecule has 0 radical (unpaired) electrons. The van der Waals surface area contributed by atoms with E-state index in [4.69, 9.17) is 4.74 Å². The summed E-state index contributed by atoms with van der Waals surface area (Å²) in [5.41, 5.74) is 1.96. The predicted molar refractivity (Wildman–Crippen MR) is 72.4 cm³/mol. The van der Waals surface area contributed by atoms with E-state index in [2.05, 4.69) is 10.3 Å². The number of nitrogens with zero attached hydrogens (tertiary/aromatic N) is 1. The van der Waals surface area contributed by atoms with Crippen LogP contribution in [0.15, 0.2) is 42.6 Å². The molecule has 0 aliphatic heterocycles. The zero-order valence-corrected chi connectivity index (χ0v) is 11.1. The topological polar surface area (TPSA) is 34.1 Å². The molecule has 4 heteroatoms. The van der Waals surface area contributed by atoms with Crippen LogP contribution in [0.4, 0.5) is 4.39 Å². The Kier molecular flexibility index (Phi) is 4.47. The van der Waals surface area contributed by atoms with Gasteiger partial charge < -0.3 is 10.1 Å². The normalized spacial score (nSPS) is 12.2. The molecule has 3 nitrogen and oxygen atoms in total. The molecule has 0 spiro atoms. The molecule has 2 rings (SSSR count). The van der Waals surface area contributed by atoms with Gasteiger partial charge >= 0.3 is 0 Å². The first-order chi connectivity index (χ1) is 9.19. The van der Waals surface area contributed by atoms with E-state index in [1.165, 1.54) is 12.3 Å². The molecular formula is C15H17FN2O. The van der Waals surface area contributed by atoms with Crippen LogP contribution in [0.3, 0.4) is 0 Å². The third-order valence-corrected chi connectivity index (χ3v) is 2.94. The number of hydrogen-bond acceptors (Lipinski definition) is 3. The van der Waals surface area contributed by atoms with E-state index in [1.54, 1.807) is 13.2 Å². The SMILES string of the molecule is COc1cccc(CNC(C)c2ccc(F)cn2)c1. The lowest BCUT2D eigenvalue weighted by atomic mass is 10.1. The first kappa shape index (κ1) is 13.5. The minimum Gasteiger partial charge on any atom is -0.497 e. The van der Waals surface area contributed by atoms with Crippen molar-refractivity contribution in [2.24, 2.45) is 0 Å². The van der Waals surface area contributed by atoms with Crippen LogP contribution < -0.4 is 10.1 Å². The Balaban J connectivity index is 1.96. The fourth-order valence-electron chi connectivity index (χ4n) is 1.80. The smallest absolute Gasteiger partial charge is 0.141 e. The summed E-state index contributed by atoms with van der Waals surface area (Å²) in [6.45, 7) is 2.71. The molecule has 0 aliphatic carbocycles. The molecule has 1 unspecified atom stereocenters. The Morgan fingerprint density at radius 3 is 2.84 bits per heavy atom. The number of nitrogens with one attached hydrogen (secondary N) is 1. The van der Waals surface area contributed by atoms with Crippen molar-refractivity contribution in [3.63, 3.8) is 0 Å². The van der Waals surface area contributed by atoms with Gasteiger partial charge in [-0.3, -0.25) is 4.98 Å². The van der Waals surface area contributed by atoms with Gasteiger partial charge in [0.05, 0.1) is 19.0 Å². The summed E-state index contributed by atoms with van der Waals surface area (Å²) < 4.78 is 18.0. The highest BCUT2D eigenvalue weighted by atomic mass is 19.1. The van der Waals surface area contributed by atoms with Gasteiger partial charge in [-0.2, -0.15) is 0 Å². The van der Waals surface area contributed by atoms with Crippen LogP contribution >= 0.6 is 0 Å². The van der Waals surface area contributed by atoms with Crippen molar-refractivity contribution in [2.75, 3.05) is 7.11 Å². The lowest BCUT2D eigenvalue weighted by molar-refractivity contribution is 0.414. The van der Waals surface area contributed by atoms with Crippen molar-refractivity contribution < 1.29 is 9.13 Å². The Bertz CT molecular complexity index is 528. The van der Waals surface area contributed by atoms with Crippen LogP contribution in [0.5, 0.6) is 5.75 Å². The second-order valence-electron chi connectivity index (χ2n) is 4.36. The summed E-state index contributed by atoms with van der Waals surface area (Å²) in [7, 11) is 1.65. The Morgan fingerprint density at radius 1 is 1.32 bits per heavy atom. The van der Waals surface area contributed by atoms with E-state index in [-0.39, 0.29) is 11.9 Å². The average Bonchev–Trinajstić information content (AvgIpc) is 2.46. The van der Waals surface area contributed by atoms with Gasteiger partial charge in [-0.15, -0.1) is 0 Å². The summed E-state index contributed by atoms with van der Waals surface area (Å²) in [6, 6.07) is 11.1. The third-order valence-electron chi connectivity index (χ3n) is 2.94. The Labute approximate surface area is 112 Å². The zero-order chi connectivity index (χ0) is 13.7. The predicted octanol–water partition coefficient (Wildman–Crippen LogP) is 3.08. The monoisotopic (exact) mass is 260 g/mol. The molecule has 0 aliphatic rings. The highest BCUT2D eigenvalue weighted by Crippen LogP contribution is 2.14. The second kappa shape index (κ2) is 6.29. The average molecular weight is 260 g/mol. The number of benzene rings is 1. The minimum atomic E-state index is -0.316. The summed E-state index contributed by atoms with van der Waals surface area (Å²) >= 11 is 0. The van der Waals surface area contributed by atoms with Crippen LogP contribution in [0, 0.1) is 5.82 Å². The number of hydrogen-bond donors (Lipinski definition) is 1. The summed E-state index contributed by atoms with van der Waals surface area (Å²) in [6.07, 6.45) is 1.24. The van der Waals surface area contributed by atoms with Gasteiger partial charge in [0.15, 0.2) is 0 Å². The molecule has 0 saturated heterocycles. The van der Waals surface area contributed by atoms with E-state index in [0.29, 0.717) is 6.54 Å². The molecule has 100 valence electrons. The molecule has 0 amide bonds. The van der Waals surface area contributed by atoms with Gasteiger partial charge in [0.25, 0.3) is 0 Å². The highest BCUT2D eigenvalue weighted by molar-refractivity contribution is 5.28. The van der Waals surface area contributed by atoms with Crippen molar-refractivity contribution in [3.8, 4) is 5.75 Å². The molecule has 0 saturated carbocycles. The molecule has 1 heterocycles. The van der Waals surface area contributed by atoms with Crippen molar-refractivity contribution in [1.29, 1.82) is 0 Å². The summed E-state index contributed by atoms with van der Waals surface area (Å²) in [4.78, 5) is 4.06. The number of pyridine rings is 1.